The Morgan fingerprint density at radius 1 is 1.22 bits per heavy atom. The van der Waals surface area contributed by atoms with Crippen LogP contribution in [-0.2, 0) is 6.42 Å². The molecule has 0 radical (unpaired) electrons. The molecule has 2 heterocycles. The third kappa shape index (κ3) is 4.44. The Bertz CT molecular complexity index is 627. The third-order valence-corrected chi connectivity index (χ3v) is 4.36. The number of hydrogen-bond acceptors (Lipinski definition) is 4. The minimum absolute atomic E-state index is 0.744. The van der Waals surface area contributed by atoms with E-state index in [1.54, 1.807) is 0 Å². The molecule has 4 heteroatoms. The van der Waals surface area contributed by atoms with Gasteiger partial charge in [-0.3, -0.25) is 0 Å². The highest BCUT2D eigenvalue weighted by Crippen LogP contribution is 2.22. The molecule has 1 aromatic heterocycles. The van der Waals surface area contributed by atoms with E-state index in [0.717, 1.165) is 49.4 Å². The van der Waals surface area contributed by atoms with Gasteiger partial charge in [-0.1, -0.05) is 37.3 Å². The van der Waals surface area contributed by atoms with E-state index in [1.807, 2.05) is 13.0 Å². The fourth-order valence-electron chi connectivity index (χ4n) is 3.15. The summed E-state index contributed by atoms with van der Waals surface area (Å²) in [6, 6.07) is 12.6. The summed E-state index contributed by atoms with van der Waals surface area (Å²) >= 11 is 0. The predicted molar refractivity (Wildman–Crippen MR) is 96.0 cm³/mol. The summed E-state index contributed by atoms with van der Waals surface area (Å²) in [4.78, 5) is 11.7. The molecule has 0 spiro atoms. The van der Waals surface area contributed by atoms with Gasteiger partial charge in [-0.05, 0) is 37.7 Å². The Morgan fingerprint density at radius 2 is 2.04 bits per heavy atom. The minimum Gasteiger partial charge on any atom is -0.356 e. The van der Waals surface area contributed by atoms with Gasteiger partial charge in [-0.15, -0.1) is 0 Å². The summed E-state index contributed by atoms with van der Waals surface area (Å²) in [6.07, 6.45) is 3.55. The van der Waals surface area contributed by atoms with E-state index in [1.165, 1.54) is 18.4 Å². The van der Waals surface area contributed by atoms with Crippen LogP contribution in [0, 0.1) is 12.8 Å². The Labute approximate surface area is 139 Å². The van der Waals surface area contributed by atoms with Crippen LogP contribution in [0.3, 0.4) is 0 Å². The number of benzene rings is 1. The zero-order valence-electron chi connectivity index (χ0n) is 14.1. The van der Waals surface area contributed by atoms with Crippen molar-refractivity contribution in [3.63, 3.8) is 0 Å². The lowest BCUT2D eigenvalue weighted by Gasteiger charge is -2.32. The van der Waals surface area contributed by atoms with Crippen molar-refractivity contribution in [2.24, 2.45) is 5.92 Å². The van der Waals surface area contributed by atoms with Gasteiger partial charge in [0.2, 0.25) is 5.95 Å². The van der Waals surface area contributed by atoms with Crippen LogP contribution in [0.4, 0.5) is 11.8 Å². The molecule has 0 bridgehead atoms. The number of aromatic nitrogens is 2. The van der Waals surface area contributed by atoms with Gasteiger partial charge in [0.15, 0.2) is 0 Å². The Hall–Kier alpha value is -2.10. The van der Waals surface area contributed by atoms with Crippen molar-refractivity contribution in [3.05, 3.63) is 47.7 Å². The second-order valence-electron chi connectivity index (χ2n) is 6.55. The summed E-state index contributed by atoms with van der Waals surface area (Å²) < 4.78 is 0. The minimum atomic E-state index is 0.744. The molecule has 2 aromatic rings. The molecule has 0 aliphatic carbocycles. The van der Waals surface area contributed by atoms with Crippen molar-refractivity contribution in [1.82, 2.24) is 9.97 Å². The summed E-state index contributed by atoms with van der Waals surface area (Å²) in [5.41, 5.74) is 2.35. The molecule has 1 aliphatic rings. The zero-order valence-corrected chi connectivity index (χ0v) is 14.1. The van der Waals surface area contributed by atoms with Gasteiger partial charge in [-0.25, -0.2) is 4.98 Å². The summed E-state index contributed by atoms with van der Waals surface area (Å²) in [5.74, 6) is 2.55. The van der Waals surface area contributed by atoms with Crippen LogP contribution >= 0.6 is 0 Å². The highest BCUT2D eigenvalue weighted by atomic mass is 15.2. The first-order valence-electron chi connectivity index (χ1n) is 8.59. The van der Waals surface area contributed by atoms with Crippen molar-refractivity contribution in [2.45, 2.75) is 33.1 Å². The topological polar surface area (TPSA) is 41.1 Å². The van der Waals surface area contributed by atoms with E-state index in [0.29, 0.717) is 0 Å². The van der Waals surface area contributed by atoms with Gasteiger partial charge in [0.25, 0.3) is 0 Å². The molecule has 1 saturated heterocycles. The van der Waals surface area contributed by atoms with Crippen LogP contribution in [0.5, 0.6) is 0 Å². The van der Waals surface area contributed by atoms with Crippen molar-refractivity contribution >= 4 is 11.8 Å². The molecule has 1 fully saturated rings. The predicted octanol–water partition coefficient (Wildman–Crippen LogP) is 3.68. The maximum absolute atomic E-state index is 4.73. The summed E-state index contributed by atoms with van der Waals surface area (Å²) in [5, 5.41) is 3.38. The molecule has 0 amide bonds. The van der Waals surface area contributed by atoms with Gasteiger partial charge in [0.1, 0.15) is 5.82 Å². The fraction of sp³-hybridized carbons (Fsp3) is 0.474. The van der Waals surface area contributed by atoms with Crippen molar-refractivity contribution < 1.29 is 0 Å². The highest BCUT2D eigenvalue weighted by molar-refractivity contribution is 5.45. The molecular weight excluding hydrogens is 284 g/mol. The van der Waals surface area contributed by atoms with E-state index < -0.39 is 0 Å². The Kier molecular flexibility index (Phi) is 5.11. The van der Waals surface area contributed by atoms with Crippen LogP contribution in [0.1, 0.15) is 31.0 Å². The van der Waals surface area contributed by atoms with Gasteiger partial charge in [0.05, 0.1) is 0 Å². The van der Waals surface area contributed by atoms with E-state index in [-0.39, 0.29) is 0 Å². The van der Waals surface area contributed by atoms with Crippen LogP contribution in [0.25, 0.3) is 0 Å². The fourth-order valence-corrected chi connectivity index (χ4v) is 3.15. The highest BCUT2D eigenvalue weighted by Gasteiger charge is 2.18. The lowest BCUT2D eigenvalue weighted by atomic mass is 10.0. The summed E-state index contributed by atoms with van der Waals surface area (Å²) in [7, 11) is 0. The monoisotopic (exact) mass is 310 g/mol. The van der Waals surface area contributed by atoms with Crippen LogP contribution in [0.2, 0.25) is 0 Å². The first-order valence-corrected chi connectivity index (χ1v) is 8.59. The lowest BCUT2D eigenvalue weighted by molar-refractivity contribution is 0.444. The number of piperidine rings is 1. The van der Waals surface area contributed by atoms with E-state index in [4.69, 9.17) is 4.98 Å². The Morgan fingerprint density at radius 3 is 2.83 bits per heavy atom. The first-order chi connectivity index (χ1) is 11.2. The van der Waals surface area contributed by atoms with E-state index in [9.17, 15) is 0 Å². The van der Waals surface area contributed by atoms with Crippen molar-refractivity contribution in [3.8, 4) is 0 Å². The van der Waals surface area contributed by atoms with Gasteiger partial charge in [-0.2, -0.15) is 4.98 Å². The Balaban J connectivity index is 1.63. The summed E-state index contributed by atoms with van der Waals surface area (Å²) in [6.45, 7) is 7.41. The molecular formula is C19H26N4. The van der Waals surface area contributed by atoms with Crippen LogP contribution in [-0.4, -0.2) is 29.6 Å². The number of nitrogens with zero attached hydrogens (tertiary/aromatic N) is 3. The van der Waals surface area contributed by atoms with Gasteiger partial charge >= 0.3 is 0 Å². The maximum atomic E-state index is 4.73. The SMILES string of the molecule is Cc1cc(N2CCCC(C)C2)nc(NCCc2ccccc2)n1. The number of anilines is 2. The second-order valence-corrected chi connectivity index (χ2v) is 6.55. The van der Waals surface area contributed by atoms with E-state index in [2.05, 4.69) is 52.5 Å². The average molecular weight is 310 g/mol. The van der Waals surface area contributed by atoms with E-state index >= 15 is 0 Å². The molecule has 1 aromatic carbocycles. The average Bonchev–Trinajstić information content (AvgIpc) is 2.55. The maximum Gasteiger partial charge on any atom is 0.224 e. The lowest BCUT2D eigenvalue weighted by Crippen LogP contribution is -2.35. The molecule has 4 nitrogen and oxygen atoms in total. The standard InChI is InChI=1S/C19H26N4/c1-15-7-6-12-23(14-15)18-13-16(2)21-19(22-18)20-11-10-17-8-4-3-5-9-17/h3-5,8-9,13,15H,6-7,10-12,14H2,1-2H3,(H,20,21,22). The van der Waals surface area contributed by atoms with Crippen LogP contribution in [0.15, 0.2) is 36.4 Å². The quantitative estimate of drug-likeness (QED) is 0.915. The zero-order chi connectivity index (χ0) is 16.1. The van der Waals surface area contributed by atoms with Gasteiger partial charge < -0.3 is 10.2 Å². The molecule has 1 aliphatic heterocycles. The molecule has 1 N–H and O–H groups in total. The molecule has 122 valence electrons. The second kappa shape index (κ2) is 7.44. The van der Waals surface area contributed by atoms with Crippen molar-refractivity contribution in [1.29, 1.82) is 0 Å². The normalized spacial score (nSPS) is 18.0. The smallest absolute Gasteiger partial charge is 0.224 e. The molecule has 0 saturated carbocycles. The first kappa shape index (κ1) is 15.8. The number of aryl methyl sites for hydroxylation is 1. The van der Waals surface area contributed by atoms with Crippen molar-refractivity contribution in [2.75, 3.05) is 29.9 Å². The molecule has 1 unspecified atom stereocenters. The number of nitrogens with one attached hydrogen (secondary N) is 1. The third-order valence-electron chi connectivity index (χ3n) is 4.36. The molecule has 3 rings (SSSR count). The number of rotatable bonds is 5. The molecule has 23 heavy (non-hydrogen) atoms. The largest absolute Gasteiger partial charge is 0.356 e. The van der Waals surface area contributed by atoms with Gasteiger partial charge in [0, 0.05) is 31.4 Å². The number of hydrogen-bond donors (Lipinski definition) is 1. The molecule has 1 atom stereocenters. The van der Waals surface area contributed by atoms with Crippen LogP contribution < -0.4 is 10.2 Å².